The largest absolute Gasteiger partial charge is 0.441 e. The van der Waals surface area contributed by atoms with Crippen molar-refractivity contribution in [3.05, 3.63) is 40.7 Å². The van der Waals surface area contributed by atoms with Crippen LogP contribution in [0.3, 0.4) is 0 Å². The first-order chi connectivity index (χ1) is 12.2. The Hall–Kier alpha value is -1.36. The Morgan fingerprint density at radius 2 is 1.96 bits per heavy atom. The lowest BCUT2D eigenvalue weighted by atomic mass is 10.2. The van der Waals surface area contributed by atoms with Gasteiger partial charge in [-0.05, 0) is 62.8 Å². The SMILES string of the molecule is Cc1oc(-c2ccc(Cl)cc2)nc1CN(CC1CC1)CC1CCCO1. The number of ether oxygens (including phenoxy) is 1. The number of nitrogens with zero attached hydrogens (tertiary/aromatic N) is 2. The number of benzene rings is 1. The molecule has 1 unspecified atom stereocenters. The third-order valence-corrected chi connectivity index (χ3v) is 5.31. The fraction of sp³-hybridized carbons (Fsp3) is 0.550. The lowest BCUT2D eigenvalue weighted by molar-refractivity contribution is 0.0684. The van der Waals surface area contributed by atoms with Gasteiger partial charge in [-0.15, -0.1) is 0 Å². The number of aromatic nitrogens is 1. The van der Waals surface area contributed by atoms with E-state index in [1.165, 1.54) is 25.7 Å². The number of aryl methyl sites for hydroxylation is 1. The van der Waals surface area contributed by atoms with Gasteiger partial charge in [0, 0.05) is 36.8 Å². The molecule has 1 aromatic carbocycles. The number of hydrogen-bond donors (Lipinski definition) is 0. The number of oxazole rings is 1. The van der Waals surface area contributed by atoms with Gasteiger partial charge < -0.3 is 9.15 Å². The van der Waals surface area contributed by atoms with E-state index in [9.17, 15) is 0 Å². The molecule has 25 heavy (non-hydrogen) atoms. The highest BCUT2D eigenvalue weighted by Crippen LogP contribution is 2.31. The van der Waals surface area contributed by atoms with E-state index in [0.717, 1.165) is 54.2 Å². The summed E-state index contributed by atoms with van der Waals surface area (Å²) in [5.74, 6) is 2.43. The van der Waals surface area contributed by atoms with Crippen molar-refractivity contribution in [2.75, 3.05) is 19.7 Å². The summed E-state index contributed by atoms with van der Waals surface area (Å²) >= 11 is 5.97. The Morgan fingerprint density at radius 1 is 1.16 bits per heavy atom. The van der Waals surface area contributed by atoms with E-state index in [4.69, 9.17) is 25.7 Å². The molecule has 0 spiro atoms. The number of rotatable bonds is 7. The van der Waals surface area contributed by atoms with Gasteiger partial charge in [-0.3, -0.25) is 4.90 Å². The molecule has 2 heterocycles. The molecule has 0 amide bonds. The van der Waals surface area contributed by atoms with E-state index in [2.05, 4.69) is 4.90 Å². The molecule has 2 aromatic rings. The zero-order chi connectivity index (χ0) is 17.2. The molecule has 134 valence electrons. The van der Waals surface area contributed by atoms with Gasteiger partial charge in [0.15, 0.2) is 0 Å². The highest BCUT2D eigenvalue weighted by Gasteiger charge is 2.28. The zero-order valence-electron chi connectivity index (χ0n) is 14.7. The summed E-state index contributed by atoms with van der Waals surface area (Å²) in [6.07, 6.45) is 5.45. The second-order valence-electron chi connectivity index (χ2n) is 7.30. The first-order valence-electron chi connectivity index (χ1n) is 9.23. The summed E-state index contributed by atoms with van der Waals surface area (Å²) in [6, 6.07) is 7.64. The minimum atomic E-state index is 0.377. The molecule has 0 N–H and O–H groups in total. The van der Waals surface area contributed by atoms with Crippen LogP contribution >= 0.6 is 11.6 Å². The first kappa shape index (κ1) is 17.1. The standard InChI is InChI=1S/C20H25ClN2O2/c1-14-19(22-20(25-14)16-6-8-17(21)9-7-16)13-23(11-15-4-5-15)12-18-3-2-10-24-18/h6-9,15,18H,2-5,10-13H2,1H3. The van der Waals surface area contributed by atoms with Crippen LogP contribution in [0.5, 0.6) is 0 Å². The predicted molar refractivity (Wildman–Crippen MR) is 98.7 cm³/mol. The third-order valence-electron chi connectivity index (χ3n) is 5.06. The molecular weight excluding hydrogens is 336 g/mol. The smallest absolute Gasteiger partial charge is 0.226 e. The zero-order valence-corrected chi connectivity index (χ0v) is 15.5. The molecule has 1 aliphatic carbocycles. The van der Waals surface area contributed by atoms with Gasteiger partial charge in [-0.2, -0.15) is 0 Å². The Morgan fingerprint density at radius 3 is 2.64 bits per heavy atom. The normalized spacial score (nSPS) is 20.5. The van der Waals surface area contributed by atoms with Crippen LogP contribution in [0.15, 0.2) is 28.7 Å². The van der Waals surface area contributed by atoms with Crippen LogP contribution in [0.2, 0.25) is 5.02 Å². The quantitative estimate of drug-likeness (QED) is 0.717. The Bertz CT molecular complexity index is 703. The second-order valence-corrected chi connectivity index (χ2v) is 7.74. The average molecular weight is 361 g/mol. The molecule has 0 bridgehead atoms. The van der Waals surface area contributed by atoms with Crippen molar-refractivity contribution in [2.45, 2.75) is 45.3 Å². The van der Waals surface area contributed by atoms with Crippen molar-refractivity contribution in [2.24, 2.45) is 5.92 Å². The molecule has 1 saturated carbocycles. The highest BCUT2D eigenvalue weighted by atomic mass is 35.5. The molecule has 1 aliphatic heterocycles. The van der Waals surface area contributed by atoms with E-state index in [0.29, 0.717) is 12.0 Å². The molecule has 1 atom stereocenters. The van der Waals surface area contributed by atoms with Gasteiger partial charge in [0.25, 0.3) is 0 Å². The van der Waals surface area contributed by atoms with Crippen LogP contribution in [0.1, 0.15) is 37.1 Å². The van der Waals surface area contributed by atoms with Gasteiger partial charge in [-0.25, -0.2) is 4.98 Å². The van der Waals surface area contributed by atoms with Gasteiger partial charge in [-0.1, -0.05) is 11.6 Å². The van der Waals surface area contributed by atoms with Crippen LogP contribution in [-0.2, 0) is 11.3 Å². The molecule has 1 aromatic heterocycles. The summed E-state index contributed by atoms with van der Waals surface area (Å²) in [5.41, 5.74) is 2.00. The minimum Gasteiger partial charge on any atom is -0.441 e. The maximum Gasteiger partial charge on any atom is 0.226 e. The summed E-state index contributed by atoms with van der Waals surface area (Å²) in [6.45, 7) is 5.88. The monoisotopic (exact) mass is 360 g/mol. The molecule has 5 heteroatoms. The number of halogens is 1. The van der Waals surface area contributed by atoms with Crippen LogP contribution in [0.25, 0.3) is 11.5 Å². The van der Waals surface area contributed by atoms with Crippen LogP contribution < -0.4 is 0 Å². The van der Waals surface area contributed by atoms with Gasteiger partial charge in [0.1, 0.15) is 5.76 Å². The third kappa shape index (κ3) is 4.43. The van der Waals surface area contributed by atoms with Crippen LogP contribution in [-0.4, -0.2) is 35.7 Å². The Kier molecular flexibility index (Phi) is 5.11. The Balaban J connectivity index is 1.47. The van der Waals surface area contributed by atoms with Crippen LogP contribution in [0.4, 0.5) is 0 Å². The highest BCUT2D eigenvalue weighted by molar-refractivity contribution is 6.30. The summed E-state index contributed by atoms with van der Waals surface area (Å²) in [4.78, 5) is 7.26. The van der Waals surface area contributed by atoms with Crippen molar-refractivity contribution in [3.8, 4) is 11.5 Å². The van der Waals surface area contributed by atoms with Crippen molar-refractivity contribution in [1.29, 1.82) is 0 Å². The van der Waals surface area contributed by atoms with E-state index in [-0.39, 0.29) is 0 Å². The van der Waals surface area contributed by atoms with Crippen molar-refractivity contribution in [1.82, 2.24) is 9.88 Å². The second kappa shape index (κ2) is 7.48. The van der Waals surface area contributed by atoms with Crippen molar-refractivity contribution in [3.63, 3.8) is 0 Å². The fourth-order valence-electron chi connectivity index (χ4n) is 3.45. The van der Waals surface area contributed by atoms with Gasteiger partial charge in [0.05, 0.1) is 11.8 Å². The molecule has 4 nitrogen and oxygen atoms in total. The lowest BCUT2D eigenvalue weighted by Gasteiger charge is -2.24. The van der Waals surface area contributed by atoms with E-state index < -0.39 is 0 Å². The molecule has 2 aliphatic rings. The molecule has 2 fully saturated rings. The predicted octanol–water partition coefficient (Wildman–Crippen LogP) is 4.69. The summed E-state index contributed by atoms with van der Waals surface area (Å²) < 4.78 is 11.8. The molecular formula is C20H25ClN2O2. The van der Waals surface area contributed by atoms with E-state index in [1.807, 2.05) is 31.2 Å². The average Bonchev–Trinajstić information content (AvgIpc) is 3.11. The van der Waals surface area contributed by atoms with Crippen LogP contribution in [0, 0.1) is 12.8 Å². The number of hydrogen-bond acceptors (Lipinski definition) is 4. The molecule has 4 rings (SSSR count). The molecule has 1 saturated heterocycles. The van der Waals surface area contributed by atoms with E-state index >= 15 is 0 Å². The molecule has 0 radical (unpaired) electrons. The van der Waals surface area contributed by atoms with Gasteiger partial charge >= 0.3 is 0 Å². The van der Waals surface area contributed by atoms with Crippen molar-refractivity contribution >= 4 is 11.6 Å². The fourth-order valence-corrected chi connectivity index (χ4v) is 3.57. The summed E-state index contributed by atoms with van der Waals surface area (Å²) in [7, 11) is 0. The van der Waals surface area contributed by atoms with E-state index in [1.54, 1.807) is 0 Å². The first-order valence-corrected chi connectivity index (χ1v) is 9.61. The lowest BCUT2D eigenvalue weighted by Crippen LogP contribution is -2.33. The summed E-state index contributed by atoms with van der Waals surface area (Å²) in [5, 5.41) is 0.722. The maximum absolute atomic E-state index is 5.97. The topological polar surface area (TPSA) is 38.5 Å². The Labute approximate surface area is 154 Å². The minimum absolute atomic E-state index is 0.377. The van der Waals surface area contributed by atoms with Crippen molar-refractivity contribution < 1.29 is 9.15 Å². The van der Waals surface area contributed by atoms with Gasteiger partial charge in [0.2, 0.25) is 5.89 Å². The maximum atomic E-state index is 5.97.